The van der Waals surface area contributed by atoms with Crippen LogP contribution in [0.5, 0.6) is 0 Å². The van der Waals surface area contributed by atoms with Crippen LogP contribution >= 0.6 is 0 Å². The molecule has 1 rings (SSSR count). The van der Waals surface area contributed by atoms with Crippen LogP contribution in [0, 0.1) is 5.41 Å². The first-order valence-corrected chi connectivity index (χ1v) is 5.52. The van der Waals surface area contributed by atoms with E-state index < -0.39 is 0 Å². The predicted molar refractivity (Wildman–Crippen MR) is 65.7 cm³/mol. The second-order valence-corrected chi connectivity index (χ2v) is 5.06. The summed E-state index contributed by atoms with van der Waals surface area (Å²) in [6.07, 6.45) is 2.36. The molecule has 0 spiro atoms. The number of hydrogen-bond acceptors (Lipinski definition) is 5. The largest absolute Gasteiger partial charge is 0.468 e. The number of ether oxygens (including phenoxy) is 1. The quantitative estimate of drug-likeness (QED) is 0.807. The van der Waals surface area contributed by atoms with Crippen molar-refractivity contribution < 1.29 is 9.53 Å². The third kappa shape index (κ3) is 5.29. The van der Waals surface area contributed by atoms with E-state index in [9.17, 15) is 4.79 Å². The molecule has 0 fully saturated rings. The Bertz CT molecular complexity index is 386. The molecule has 0 atom stereocenters. The minimum absolute atomic E-state index is 0.114. The number of nitrogens with one attached hydrogen (secondary N) is 1. The lowest BCUT2D eigenvalue weighted by molar-refractivity contribution is -0.138. The van der Waals surface area contributed by atoms with Crippen LogP contribution in [-0.2, 0) is 16.0 Å². The van der Waals surface area contributed by atoms with Crippen molar-refractivity contribution in [3.8, 4) is 0 Å². The van der Waals surface area contributed by atoms with E-state index in [1.54, 1.807) is 0 Å². The van der Waals surface area contributed by atoms with Gasteiger partial charge < -0.3 is 10.1 Å². The monoisotopic (exact) mass is 237 g/mol. The molecule has 0 bridgehead atoms. The molecule has 0 saturated heterocycles. The first kappa shape index (κ1) is 13.4. The molecule has 0 aliphatic carbocycles. The van der Waals surface area contributed by atoms with Gasteiger partial charge in [-0.15, -0.1) is 0 Å². The molecule has 17 heavy (non-hydrogen) atoms. The van der Waals surface area contributed by atoms with Crippen LogP contribution in [0.4, 0.5) is 5.82 Å². The van der Waals surface area contributed by atoms with Crippen molar-refractivity contribution in [2.45, 2.75) is 27.2 Å². The molecular formula is C12H19N3O2. The van der Waals surface area contributed by atoms with Crippen LogP contribution in [-0.4, -0.2) is 29.6 Å². The number of carbonyl (C=O) groups is 1. The Balaban J connectivity index is 2.63. The van der Waals surface area contributed by atoms with Crippen molar-refractivity contribution in [1.82, 2.24) is 9.97 Å². The average molecular weight is 237 g/mol. The van der Waals surface area contributed by atoms with Gasteiger partial charge in [-0.05, 0) is 11.8 Å². The van der Waals surface area contributed by atoms with Gasteiger partial charge in [0.05, 0.1) is 7.11 Å². The molecule has 94 valence electrons. The van der Waals surface area contributed by atoms with Gasteiger partial charge in [0.15, 0.2) is 0 Å². The summed E-state index contributed by atoms with van der Waals surface area (Å²) in [6.45, 7) is 6.56. The highest BCUT2D eigenvalue weighted by atomic mass is 16.5. The summed E-state index contributed by atoms with van der Waals surface area (Å²) in [5, 5.41) is 2.90. The van der Waals surface area contributed by atoms with Crippen LogP contribution in [0.3, 0.4) is 0 Å². The van der Waals surface area contributed by atoms with Gasteiger partial charge in [0.1, 0.15) is 18.7 Å². The van der Waals surface area contributed by atoms with Gasteiger partial charge in [-0.2, -0.15) is 0 Å². The average Bonchev–Trinajstić information content (AvgIpc) is 2.24. The van der Waals surface area contributed by atoms with Crippen LogP contribution in [0.1, 0.15) is 26.5 Å². The zero-order valence-corrected chi connectivity index (χ0v) is 10.8. The van der Waals surface area contributed by atoms with E-state index in [1.165, 1.54) is 13.4 Å². The maximum absolute atomic E-state index is 11.0. The molecule has 0 unspecified atom stereocenters. The van der Waals surface area contributed by atoms with Crippen molar-refractivity contribution >= 4 is 11.8 Å². The molecule has 0 amide bonds. The van der Waals surface area contributed by atoms with Crippen LogP contribution < -0.4 is 5.32 Å². The Hall–Kier alpha value is -1.65. The number of carbonyl (C=O) groups excluding carboxylic acids is 1. The maximum Gasteiger partial charge on any atom is 0.325 e. The lowest BCUT2D eigenvalue weighted by atomic mass is 9.90. The molecule has 1 heterocycles. The third-order valence-corrected chi connectivity index (χ3v) is 2.08. The number of nitrogens with zero attached hydrogens (tertiary/aromatic N) is 2. The summed E-state index contributed by atoms with van der Waals surface area (Å²) in [6, 6.07) is 1.86. The van der Waals surface area contributed by atoms with Gasteiger partial charge >= 0.3 is 5.97 Å². The standard InChI is InChI=1S/C12H19N3O2/c1-12(2,3)6-9-5-10(15-8-14-9)13-7-11(16)17-4/h5,8H,6-7H2,1-4H3,(H,13,14,15). The SMILES string of the molecule is COC(=O)CNc1cc(CC(C)(C)C)ncn1. The molecule has 5 nitrogen and oxygen atoms in total. The predicted octanol–water partition coefficient (Wildman–Crippen LogP) is 1.65. The fourth-order valence-corrected chi connectivity index (χ4v) is 1.37. The zero-order chi connectivity index (χ0) is 12.9. The van der Waals surface area contributed by atoms with E-state index in [1.807, 2.05) is 6.07 Å². The smallest absolute Gasteiger partial charge is 0.325 e. The molecule has 0 aliphatic rings. The van der Waals surface area contributed by atoms with Gasteiger partial charge in [0, 0.05) is 11.8 Å². The second-order valence-electron chi connectivity index (χ2n) is 5.06. The van der Waals surface area contributed by atoms with Crippen molar-refractivity contribution in [3.05, 3.63) is 18.1 Å². The first-order chi connectivity index (χ1) is 7.90. The molecule has 0 aliphatic heterocycles. The van der Waals surface area contributed by atoms with Crippen molar-refractivity contribution in [3.63, 3.8) is 0 Å². The van der Waals surface area contributed by atoms with E-state index in [2.05, 4.69) is 40.8 Å². The molecule has 0 aromatic carbocycles. The summed E-state index contributed by atoms with van der Waals surface area (Å²) < 4.78 is 4.54. The van der Waals surface area contributed by atoms with Crippen molar-refractivity contribution in [2.75, 3.05) is 19.0 Å². The van der Waals surface area contributed by atoms with Gasteiger partial charge in [-0.1, -0.05) is 20.8 Å². The number of rotatable bonds is 4. The number of aromatic nitrogens is 2. The summed E-state index contributed by atoms with van der Waals surface area (Å²) in [5.74, 6) is 0.325. The highest BCUT2D eigenvalue weighted by Crippen LogP contribution is 2.19. The number of esters is 1. The number of hydrogen-bond donors (Lipinski definition) is 1. The topological polar surface area (TPSA) is 64.1 Å². The summed E-state index contributed by atoms with van der Waals surface area (Å²) in [7, 11) is 1.36. The van der Waals surface area contributed by atoms with E-state index in [-0.39, 0.29) is 17.9 Å². The Morgan fingerprint density at radius 2 is 2.12 bits per heavy atom. The van der Waals surface area contributed by atoms with Crippen LogP contribution in [0.2, 0.25) is 0 Å². The Morgan fingerprint density at radius 3 is 2.71 bits per heavy atom. The van der Waals surface area contributed by atoms with Crippen molar-refractivity contribution in [1.29, 1.82) is 0 Å². The fraction of sp³-hybridized carbons (Fsp3) is 0.583. The van der Waals surface area contributed by atoms with E-state index in [0.717, 1.165) is 12.1 Å². The van der Waals surface area contributed by atoms with Gasteiger partial charge in [0.25, 0.3) is 0 Å². The second kappa shape index (κ2) is 5.61. The fourth-order valence-electron chi connectivity index (χ4n) is 1.37. The minimum atomic E-state index is -0.319. The highest BCUT2D eigenvalue weighted by Gasteiger charge is 2.12. The van der Waals surface area contributed by atoms with Crippen LogP contribution in [0.25, 0.3) is 0 Å². The molecule has 1 aromatic rings. The van der Waals surface area contributed by atoms with Gasteiger partial charge in [0.2, 0.25) is 0 Å². The number of anilines is 1. The first-order valence-electron chi connectivity index (χ1n) is 5.52. The summed E-state index contributed by atoms with van der Waals surface area (Å²) in [5.41, 5.74) is 1.13. The lowest BCUT2D eigenvalue weighted by Gasteiger charge is -2.17. The Morgan fingerprint density at radius 1 is 1.41 bits per heavy atom. The number of methoxy groups -OCH3 is 1. The molecule has 1 aromatic heterocycles. The van der Waals surface area contributed by atoms with Crippen LogP contribution in [0.15, 0.2) is 12.4 Å². The van der Waals surface area contributed by atoms with Gasteiger partial charge in [-0.25, -0.2) is 9.97 Å². The summed E-state index contributed by atoms with van der Waals surface area (Å²) in [4.78, 5) is 19.2. The van der Waals surface area contributed by atoms with Gasteiger partial charge in [-0.3, -0.25) is 4.79 Å². The molecular weight excluding hydrogens is 218 g/mol. The zero-order valence-electron chi connectivity index (χ0n) is 10.8. The minimum Gasteiger partial charge on any atom is -0.468 e. The van der Waals surface area contributed by atoms with E-state index >= 15 is 0 Å². The normalized spacial score (nSPS) is 11.1. The summed E-state index contributed by atoms with van der Waals surface area (Å²) >= 11 is 0. The molecule has 0 radical (unpaired) electrons. The molecule has 5 heteroatoms. The lowest BCUT2D eigenvalue weighted by Crippen LogP contribution is -2.16. The molecule has 1 N–H and O–H groups in total. The van der Waals surface area contributed by atoms with Crippen molar-refractivity contribution in [2.24, 2.45) is 5.41 Å². The van der Waals surface area contributed by atoms with E-state index in [0.29, 0.717) is 5.82 Å². The van der Waals surface area contributed by atoms with E-state index in [4.69, 9.17) is 0 Å². The third-order valence-electron chi connectivity index (χ3n) is 2.08. The maximum atomic E-state index is 11.0. The Labute approximate surface area is 102 Å². The highest BCUT2D eigenvalue weighted by molar-refractivity contribution is 5.74. The Kier molecular flexibility index (Phi) is 4.43. The molecule has 0 saturated carbocycles.